The summed E-state index contributed by atoms with van der Waals surface area (Å²) in [4.78, 5) is 9.37. The maximum Gasteiger partial charge on any atom is 0.250 e. The summed E-state index contributed by atoms with van der Waals surface area (Å²) in [5, 5.41) is 21.1. The average Bonchev–Trinajstić information content (AvgIpc) is 2.18. The highest BCUT2D eigenvalue weighted by atomic mass is 16.6. The van der Waals surface area contributed by atoms with E-state index in [0.717, 1.165) is 6.20 Å². The third-order valence-electron chi connectivity index (χ3n) is 1.46. The Kier molecular flexibility index (Phi) is 3.21. The van der Waals surface area contributed by atoms with Gasteiger partial charge in [0.1, 0.15) is 0 Å². The SMILES string of the molecule is N#Cc1ccc(N/C=C/[N+](=O)[O-])cc1. The van der Waals surface area contributed by atoms with Gasteiger partial charge in [-0.3, -0.25) is 10.1 Å². The normalized spacial score (nSPS) is 9.64. The molecule has 1 aromatic carbocycles. The Balaban J connectivity index is 2.61. The highest BCUT2D eigenvalue weighted by molar-refractivity contribution is 5.48. The summed E-state index contributed by atoms with van der Waals surface area (Å²) in [6.45, 7) is 0. The molecular formula is C9H7N3O2. The third-order valence-corrected chi connectivity index (χ3v) is 1.46. The van der Waals surface area contributed by atoms with Crippen LogP contribution in [-0.2, 0) is 0 Å². The Morgan fingerprint density at radius 2 is 2.07 bits per heavy atom. The van der Waals surface area contributed by atoms with Crippen LogP contribution in [0.4, 0.5) is 5.69 Å². The van der Waals surface area contributed by atoms with Gasteiger partial charge in [-0.2, -0.15) is 5.26 Å². The number of hydrogen-bond acceptors (Lipinski definition) is 4. The fraction of sp³-hybridized carbons (Fsp3) is 0. The predicted molar refractivity (Wildman–Crippen MR) is 50.9 cm³/mol. The van der Waals surface area contributed by atoms with E-state index in [1.54, 1.807) is 24.3 Å². The van der Waals surface area contributed by atoms with Crippen molar-refractivity contribution in [2.24, 2.45) is 0 Å². The Bertz CT molecular complexity index is 390. The molecule has 0 atom stereocenters. The van der Waals surface area contributed by atoms with Crippen LogP contribution in [0.2, 0.25) is 0 Å². The van der Waals surface area contributed by atoms with Crippen LogP contribution in [0.1, 0.15) is 5.56 Å². The van der Waals surface area contributed by atoms with E-state index in [-0.39, 0.29) is 0 Å². The monoisotopic (exact) mass is 189 g/mol. The molecule has 1 N–H and O–H groups in total. The van der Waals surface area contributed by atoms with Crippen molar-refractivity contribution in [2.45, 2.75) is 0 Å². The average molecular weight is 189 g/mol. The molecule has 5 nitrogen and oxygen atoms in total. The Labute approximate surface area is 80.4 Å². The summed E-state index contributed by atoms with van der Waals surface area (Å²) in [5.41, 5.74) is 1.25. The number of nitrogens with one attached hydrogen (secondary N) is 1. The van der Waals surface area contributed by atoms with E-state index in [1.807, 2.05) is 6.07 Å². The Morgan fingerprint density at radius 3 is 2.57 bits per heavy atom. The number of anilines is 1. The van der Waals surface area contributed by atoms with Crippen molar-refractivity contribution in [3.63, 3.8) is 0 Å². The molecule has 0 spiro atoms. The molecule has 0 saturated heterocycles. The maximum atomic E-state index is 9.93. The van der Waals surface area contributed by atoms with Gasteiger partial charge in [-0.1, -0.05) is 0 Å². The summed E-state index contributed by atoms with van der Waals surface area (Å²) in [7, 11) is 0. The lowest BCUT2D eigenvalue weighted by Gasteiger charge is -1.97. The molecule has 70 valence electrons. The quantitative estimate of drug-likeness (QED) is 0.579. The number of nitro groups is 1. The minimum Gasteiger partial charge on any atom is -0.356 e. The van der Waals surface area contributed by atoms with Gasteiger partial charge in [-0.15, -0.1) is 0 Å². The molecule has 0 bridgehead atoms. The fourth-order valence-electron chi connectivity index (χ4n) is 0.835. The molecule has 1 aromatic rings. The summed E-state index contributed by atoms with van der Waals surface area (Å²) in [6.07, 6.45) is 2.03. The molecule has 14 heavy (non-hydrogen) atoms. The summed E-state index contributed by atoms with van der Waals surface area (Å²) in [6, 6.07) is 8.57. The number of benzene rings is 1. The van der Waals surface area contributed by atoms with E-state index < -0.39 is 4.92 Å². The van der Waals surface area contributed by atoms with Crippen molar-refractivity contribution >= 4 is 5.69 Å². The van der Waals surface area contributed by atoms with Gasteiger partial charge in [0.05, 0.1) is 22.8 Å². The largest absolute Gasteiger partial charge is 0.356 e. The van der Waals surface area contributed by atoms with Gasteiger partial charge in [0, 0.05) is 5.69 Å². The van der Waals surface area contributed by atoms with E-state index in [9.17, 15) is 10.1 Å². The molecule has 0 fully saturated rings. The molecule has 0 amide bonds. The first-order chi connectivity index (χ1) is 6.72. The predicted octanol–water partition coefficient (Wildman–Crippen LogP) is 1.72. The van der Waals surface area contributed by atoms with Crippen LogP contribution in [0.15, 0.2) is 36.7 Å². The van der Waals surface area contributed by atoms with Crippen molar-refractivity contribution in [1.82, 2.24) is 0 Å². The first-order valence-corrected chi connectivity index (χ1v) is 3.79. The summed E-state index contributed by atoms with van der Waals surface area (Å²) < 4.78 is 0. The van der Waals surface area contributed by atoms with Crippen molar-refractivity contribution in [3.05, 3.63) is 52.3 Å². The van der Waals surface area contributed by atoms with Gasteiger partial charge in [-0.05, 0) is 24.3 Å². The minimum atomic E-state index is -0.559. The zero-order valence-electron chi connectivity index (χ0n) is 7.18. The molecule has 0 radical (unpaired) electrons. The van der Waals surface area contributed by atoms with Gasteiger partial charge in [0.25, 0.3) is 0 Å². The number of hydrogen-bond donors (Lipinski definition) is 1. The van der Waals surface area contributed by atoms with Crippen LogP contribution in [0, 0.1) is 21.4 Å². The van der Waals surface area contributed by atoms with E-state index in [0.29, 0.717) is 11.3 Å². The topological polar surface area (TPSA) is 79.0 Å². The lowest BCUT2D eigenvalue weighted by Crippen LogP contribution is -1.90. The molecule has 5 heteroatoms. The van der Waals surface area contributed by atoms with Crippen LogP contribution in [0.3, 0.4) is 0 Å². The summed E-state index contributed by atoms with van der Waals surface area (Å²) >= 11 is 0. The smallest absolute Gasteiger partial charge is 0.250 e. The van der Waals surface area contributed by atoms with Gasteiger partial charge in [-0.25, -0.2) is 0 Å². The molecule has 0 aromatic heterocycles. The number of nitriles is 1. The van der Waals surface area contributed by atoms with Crippen molar-refractivity contribution in [3.8, 4) is 6.07 Å². The standard InChI is InChI=1S/C9H7N3O2/c10-7-8-1-3-9(4-2-8)11-5-6-12(13)14/h1-6,11H/b6-5+. The number of rotatable bonds is 3. The van der Waals surface area contributed by atoms with Crippen molar-refractivity contribution < 1.29 is 4.92 Å². The maximum absolute atomic E-state index is 9.93. The first-order valence-electron chi connectivity index (χ1n) is 3.79. The number of nitrogens with zero attached hydrogens (tertiary/aromatic N) is 2. The van der Waals surface area contributed by atoms with Gasteiger partial charge in [0.2, 0.25) is 6.20 Å². The molecule has 0 unspecified atom stereocenters. The van der Waals surface area contributed by atoms with Crippen LogP contribution < -0.4 is 5.32 Å². The summed E-state index contributed by atoms with van der Waals surface area (Å²) in [5.74, 6) is 0. The van der Waals surface area contributed by atoms with Crippen LogP contribution >= 0.6 is 0 Å². The molecule has 0 heterocycles. The Morgan fingerprint density at radius 1 is 1.43 bits per heavy atom. The highest BCUT2D eigenvalue weighted by Gasteiger charge is 1.91. The van der Waals surface area contributed by atoms with Crippen LogP contribution in [0.25, 0.3) is 0 Å². The zero-order valence-corrected chi connectivity index (χ0v) is 7.18. The van der Waals surface area contributed by atoms with Crippen molar-refractivity contribution in [1.29, 1.82) is 5.26 Å². The van der Waals surface area contributed by atoms with Crippen LogP contribution in [-0.4, -0.2) is 4.92 Å². The second kappa shape index (κ2) is 4.62. The van der Waals surface area contributed by atoms with E-state index in [2.05, 4.69) is 5.32 Å². The van der Waals surface area contributed by atoms with E-state index >= 15 is 0 Å². The molecule has 1 rings (SSSR count). The zero-order chi connectivity index (χ0) is 10.4. The van der Waals surface area contributed by atoms with E-state index in [4.69, 9.17) is 5.26 Å². The minimum absolute atomic E-state index is 0.550. The van der Waals surface area contributed by atoms with Gasteiger partial charge >= 0.3 is 0 Å². The van der Waals surface area contributed by atoms with E-state index in [1.165, 1.54) is 6.20 Å². The van der Waals surface area contributed by atoms with Gasteiger partial charge in [0.15, 0.2) is 0 Å². The second-order valence-corrected chi connectivity index (χ2v) is 2.43. The van der Waals surface area contributed by atoms with Crippen molar-refractivity contribution in [2.75, 3.05) is 5.32 Å². The molecule has 0 aliphatic rings. The molecule has 0 aliphatic heterocycles. The molecule has 0 saturated carbocycles. The highest BCUT2D eigenvalue weighted by Crippen LogP contribution is 2.08. The lowest BCUT2D eigenvalue weighted by atomic mass is 10.2. The lowest BCUT2D eigenvalue weighted by molar-refractivity contribution is -0.402. The third kappa shape index (κ3) is 2.95. The second-order valence-electron chi connectivity index (χ2n) is 2.43. The molecular weight excluding hydrogens is 182 g/mol. The first kappa shape index (κ1) is 9.74. The van der Waals surface area contributed by atoms with Gasteiger partial charge < -0.3 is 5.32 Å². The molecule has 0 aliphatic carbocycles. The fourth-order valence-corrected chi connectivity index (χ4v) is 0.835. The Hall–Kier alpha value is -2.35. The van der Waals surface area contributed by atoms with Crippen LogP contribution in [0.5, 0.6) is 0 Å².